The molecule has 0 unspecified atom stereocenters. The molecular formula is C26H30F4O2S. The predicted molar refractivity (Wildman–Crippen MR) is 126 cm³/mol. The van der Waals surface area contributed by atoms with Gasteiger partial charge in [0.15, 0.2) is 23.1 Å². The Morgan fingerprint density at radius 3 is 2.09 bits per heavy atom. The maximum atomic E-state index is 15.2. The highest BCUT2D eigenvalue weighted by Crippen LogP contribution is 2.45. The molecule has 33 heavy (non-hydrogen) atoms. The predicted octanol–water partition coefficient (Wildman–Crippen LogP) is 9.09. The van der Waals surface area contributed by atoms with E-state index in [2.05, 4.69) is 6.92 Å². The van der Waals surface area contributed by atoms with Crippen molar-refractivity contribution in [2.75, 3.05) is 6.61 Å². The molecule has 180 valence electrons. The van der Waals surface area contributed by atoms with Crippen molar-refractivity contribution in [3.8, 4) is 11.5 Å². The van der Waals surface area contributed by atoms with Crippen LogP contribution in [0.4, 0.5) is 17.6 Å². The van der Waals surface area contributed by atoms with Crippen molar-refractivity contribution >= 4 is 31.5 Å². The zero-order chi connectivity index (χ0) is 23.6. The number of thiophene rings is 1. The van der Waals surface area contributed by atoms with Crippen LogP contribution in [0, 0.1) is 23.5 Å². The Bertz CT molecular complexity index is 1100. The van der Waals surface area contributed by atoms with Crippen LogP contribution in [-0.4, -0.2) is 12.7 Å². The third-order valence-electron chi connectivity index (χ3n) is 6.64. The fourth-order valence-electron chi connectivity index (χ4n) is 4.74. The lowest BCUT2D eigenvalue weighted by Gasteiger charge is -2.33. The molecule has 7 heteroatoms. The molecule has 2 aromatic carbocycles. The zero-order valence-electron chi connectivity index (χ0n) is 19.1. The lowest BCUT2D eigenvalue weighted by Crippen LogP contribution is -2.37. The summed E-state index contributed by atoms with van der Waals surface area (Å²) in [6.45, 7) is 4.51. The number of rotatable bonds is 9. The molecule has 3 aromatic rings. The van der Waals surface area contributed by atoms with Gasteiger partial charge in [-0.15, -0.1) is 11.3 Å². The number of halogens is 4. The Kier molecular flexibility index (Phi) is 7.37. The summed E-state index contributed by atoms with van der Waals surface area (Å²) in [4.78, 5) is 0. The van der Waals surface area contributed by atoms with Gasteiger partial charge in [0.05, 0.1) is 21.9 Å². The highest BCUT2D eigenvalue weighted by Gasteiger charge is 2.44. The largest absolute Gasteiger partial charge is 0.490 e. The molecule has 1 aliphatic rings. The molecule has 0 aliphatic heterocycles. The third-order valence-corrected chi connectivity index (χ3v) is 7.84. The second-order valence-electron chi connectivity index (χ2n) is 8.98. The summed E-state index contributed by atoms with van der Waals surface area (Å²) in [5.41, 5.74) is 0. The van der Waals surface area contributed by atoms with Gasteiger partial charge in [-0.05, 0) is 62.3 Å². The molecule has 0 bridgehead atoms. The van der Waals surface area contributed by atoms with E-state index in [0.717, 1.165) is 49.9 Å². The van der Waals surface area contributed by atoms with E-state index in [9.17, 15) is 13.2 Å². The van der Waals surface area contributed by atoms with Gasteiger partial charge >= 0.3 is 6.11 Å². The second kappa shape index (κ2) is 10.1. The van der Waals surface area contributed by atoms with Crippen LogP contribution in [0.5, 0.6) is 11.5 Å². The van der Waals surface area contributed by atoms with E-state index in [1.165, 1.54) is 18.2 Å². The fourth-order valence-corrected chi connectivity index (χ4v) is 5.90. The molecule has 1 heterocycles. The van der Waals surface area contributed by atoms with Gasteiger partial charge in [-0.1, -0.05) is 33.1 Å². The van der Waals surface area contributed by atoms with E-state index in [1.807, 2.05) is 6.92 Å². The van der Waals surface area contributed by atoms with Crippen molar-refractivity contribution in [1.82, 2.24) is 0 Å². The standard InChI is InChI=1S/C26H30F4O2S/c1-3-5-15-31-20-13-11-18-19-12-14-21(23(28)25(19)33-24(18)22(20)27)32-26(29,30)17-9-7-16(6-4-2)8-10-17/h11-14,16-17H,3-10,15H2,1-2H3/t16-,17-. The molecule has 2 nitrogen and oxygen atoms in total. The molecule has 1 aliphatic carbocycles. The number of unbranched alkanes of at least 4 members (excludes halogenated alkanes) is 1. The topological polar surface area (TPSA) is 18.5 Å². The van der Waals surface area contributed by atoms with Crippen molar-refractivity contribution in [2.24, 2.45) is 11.8 Å². The van der Waals surface area contributed by atoms with Crippen LogP contribution in [0.3, 0.4) is 0 Å². The van der Waals surface area contributed by atoms with Gasteiger partial charge in [-0.2, -0.15) is 8.78 Å². The summed E-state index contributed by atoms with van der Waals surface area (Å²) in [5.74, 6) is -2.25. The van der Waals surface area contributed by atoms with Gasteiger partial charge in [-0.25, -0.2) is 8.78 Å². The number of fused-ring (bicyclic) bond motifs is 3. The smallest absolute Gasteiger partial charge is 0.400 e. The zero-order valence-corrected chi connectivity index (χ0v) is 19.9. The molecule has 1 aromatic heterocycles. The SMILES string of the molecule is CCCCOc1ccc2c(sc3c(F)c(OC(F)(F)[C@H]4CC[C@H](CCC)CC4)ccc32)c1F. The lowest BCUT2D eigenvalue weighted by molar-refractivity contribution is -0.224. The summed E-state index contributed by atoms with van der Waals surface area (Å²) < 4.78 is 70.8. The number of hydrogen-bond acceptors (Lipinski definition) is 3. The van der Waals surface area contributed by atoms with E-state index in [1.54, 1.807) is 6.07 Å². The van der Waals surface area contributed by atoms with Gasteiger partial charge in [0.1, 0.15) is 0 Å². The van der Waals surface area contributed by atoms with Crippen LogP contribution in [0.15, 0.2) is 24.3 Å². The average Bonchev–Trinajstić information content (AvgIpc) is 3.18. The van der Waals surface area contributed by atoms with Crippen LogP contribution in [0.1, 0.15) is 65.2 Å². The first-order valence-electron chi connectivity index (χ1n) is 11.9. The Balaban J connectivity index is 1.58. The summed E-state index contributed by atoms with van der Waals surface area (Å²) >= 11 is 0.895. The first kappa shape index (κ1) is 24.1. The Morgan fingerprint density at radius 1 is 0.879 bits per heavy atom. The molecule has 0 atom stereocenters. The minimum Gasteiger partial charge on any atom is -0.490 e. The van der Waals surface area contributed by atoms with Crippen LogP contribution >= 0.6 is 11.3 Å². The third kappa shape index (κ3) is 4.93. The molecule has 4 rings (SSSR count). The highest BCUT2D eigenvalue weighted by atomic mass is 32.1. The van der Waals surface area contributed by atoms with Gasteiger partial charge < -0.3 is 9.47 Å². The van der Waals surface area contributed by atoms with Gasteiger partial charge in [0, 0.05) is 10.8 Å². The maximum Gasteiger partial charge on any atom is 0.400 e. The Morgan fingerprint density at radius 2 is 1.48 bits per heavy atom. The van der Waals surface area contributed by atoms with Crippen LogP contribution < -0.4 is 9.47 Å². The quantitative estimate of drug-likeness (QED) is 0.224. The van der Waals surface area contributed by atoms with E-state index in [4.69, 9.17) is 9.47 Å². The first-order chi connectivity index (χ1) is 15.9. The summed E-state index contributed by atoms with van der Waals surface area (Å²) in [6, 6.07) is 5.97. The number of hydrogen-bond donors (Lipinski definition) is 0. The highest BCUT2D eigenvalue weighted by molar-refractivity contribution is 7.25. The summed E-state index contributed by atoms with van der Waals surface area (Å²) in [6.07, 6.45) is 2.61. The fraction of sp³-hybridized carbons (Fsp3) is 0.538. The number of benzene rings is 2. The van der Waals surface area contributed by atoms with Crippen molar-refractivity contribution < 1.29 is 27.0 Å². The van der Waals surface area contributed by atoms with E-state index in [0.29, 0.717) is 36.1 Å². The van der Waals surface area contributed by atoms with Gasteiger partial charge in [-0.3, -0.25) is 0 Å². The molecule has 0 saturated heterocycles. The van der Waals surface area contributed by atoms with E-state index < -0.39 is 29.4 Å². The second-order valence-corrected chi connectivity index (χ2v) is 10.0. The minimum atomic E-state index is -3.45. The maximum absolute atomic E-state index is 15.2. The summed E-state index contributed by atoms with van der Waals surface area (Å²) in [7, 11) is 0. The lowest BCUT2D eigenvalue weighted by atomic mass is 9.79. The van der Waals surface area contributed by atoms with Crippen molar-refractivity contribution in [1.29, 1.82) is 0 Å². The van der Waals surface area contributed by atoms with Gasteiger partial charge in [0.2, 0.25) is 0 Å². The Labute approximate surface area is 195 Å². The van der Waals surface area contributed by atoms with Crippen molar-refractivity contribution in [3.05, 3.63) is 35.9 Å². The van der Waals surface area contributed by atoms with Crippen LogP contribution in [0.2, 0.25) is 0 Å². The number of alkyl halides is 2. The molecule has 1 fully saturated rings. The van der Waals surface area contributed by atoms with Gasteiger partial charge in [0.25, 0.3) is 0 Å². The van der Waals surface area contributed by atoms with E-state index >= 15 is 4.39 Å². The monoisotopic (exact) mass is 482 g/mol. The van der Waals surface area contributed by atoms with E-state index in [-0.39, 0.29) is 15.1 Å². The normalized spacial score (nSPS) is 19.3. The molecule has 1 saturated carbocycles. The summed E-state index contributed by atoms with van der Waals surface area (Å²) in [5, 5.41) is 1.00. The molecule has 0 N–H and O–H groups in total. The minimum absolute atomic E-state index is 0.106. The van der Waals surface area contributed by atoms with Crippen molar-refractivity contribution in [3.63, 3.8) is 0 Å². The van der Waals surface area contributed by atoms with Crippen LogP contribution in [-0.2, 0) is 0 Å². The first-order valence-corrected chi connectivity index (χ1v) is 12.7. The van der Waals surface area contributed by atoms with Crippen molar-refractivity contribution in [2.45, 2.75) is 71.3 Å². The molecule has 0 spiro atoms. The molecular weight excluding hydrogens is 452 g/mol. The molecule has 0 radical (unpaired) electrons. The van der Waals surface area contributed by atoms with Crippen LogP contribution in [0.25, 0.3) is 20.2 Å². The average molecular weight is 483 g/mol. The number of ether oxygens (including phenoxy) is 2. The Hall–Kier alpha value is -2.02. The molecule has 0 amide bonds.